The molecule has 1 saturated heterocycles. The summed E-state index contributed by atoms with van der Waals surface area (Å²) in [4.78, 5) is 18.3. The van der Waals surface area contributed by atoms with Gasteiger partial charge in [-0.15, -0.1) is 23.7 Å². The number of thiazole rings is 1. The van der Waals surface area contributed by atoms with Crippen LogP contribution in [0.25, 0.3) is 10.6 Å². The van der Waals surface area contributed by atoms with E-state index < -0.39 is 11.6 Å². The fraction of sp³-hybridized carbons (Fsp3) is 0.333. The summed E-state index contributed by atoms with van der Waals surface area (Å²) >= 11 is 1.07. The van der Waals surface area contributed by atoms with Gasteiger partial charge in [-0.25, -0.2) is 13.8 Å². The van der Waals surface area contributed by atoms with Crippen LogP contribution in [-0.2, 0) is 0 Å². The van der Waals surface area contributed by atoms with E-state index >= 15 is 0 Å². The molecule has 8 heteroatoms. The van der Waals surface area contributed by atoms with Gasteiger partial charge in [0.05, 0.1) is 5.56 Å². The number of carbonyl (C=O) groups excluding carboxylic acids is 1. The quantitative estimate of drug-likeness (QED) is 0.896. The maximum atomic E-state index is 13.8. The van der Waals surface area contributed by atoms with E-state index in [1.54, 1.807) is 10.3 Å². The average Bonchev–Trinajstić information content (AvgIpc) is 2.81. The molecule has 1 aliphatic heterocycles. The van der Waals surface area contributed by atoms with E-state index in [0.717, 1.165) is 30.8 Å². The molecule has 1 amide bonds. The molecule has 0 spiro atoms. The SMILES string of the molecule is Cl.O=C(c1csc(-c2c(F)cccc2F)n1)N1CCCNCC1. The van der Waals surface area contributed by atoms with Gasteiger partial charge in [0.2, 0.25) is 0 Å². The van der Waals surface area contributed by atoms with Crippen molar-refractivity contribution in [2.45, 2.75) is 6.42 Å². The highest BCUT2D eigenvalue weighted by Crippen LogP contribution is 2.29. The summed E-state index contributed by atoms with van der Waals surface area (Å²) in [6.07, 6.45) is 0.880. The Kier molecular flexibility index (Phi) is 6.04. The van der Waals surface area contributed by atoms with Crippen molar-refractivity contribution in [3.05, 3.63) is 40.9 Å². The molecule has 3 rings (SSSR count). The fourth-order valence-electron chi connectivity index (χ4n) is 2.40. The first-order valence-corrected chi connectivity index (χ1v) is 7.94. The molecule has 0 aliphatic carbocycles. The number of carbonyl (C=O) groups is 1. The fourth-order valence-corrected chi connectivity index (χ4v) is 3.24. The molecule has 124 valence electrons. The van der Waals surface area contributed by atoms with E-state index in [1.807, 2.05) is 0 Å². The van der Waals surface area contributed by atoms with E-state index in [9.17, 15) is 13.6 Å². The molecular weight excluding hydrogens is 344 g/mol. The monoisotopic (exact) mass is 359 g/mol. The van der Waals surface area contributed by atoms with Crippen molar-refractivity contribution in [2.24, 2.45) is 0 Å². The van der Waals surface area contributed by atoms with Gasteiger partial charge in [0.15, 0.2) is 0 Å². The van der Waals surface area contributed by atoms with Gasteiger partial charge in [-0.1, -0.05) is 6.07 Å². The predicted molar refractivity (Wildman–Crippen MR) is 88.1 cm³/mol. The third-order valence-corrected chi connectivity index (χ3v) is 4.39. The zero-order valence-corrected chi connectivity index (χ0v) is 13.9. The number of hydrogen-bond donors (Lipinski definition) is 1. The summed E-state index contributed by atoms with van der Waals surface area (Å²) in [6, 6.07) is 3.67. The smallest absolute Gasteiger partial charge is 0.273 e. The van der Waals surface area contributed by atoms with E-state index in [2.05, 4.69) is 10.3 Å². The average molecular weight is 360 g/mol. The highest BCUT2D eigenvalue weighted by atomic mass is 35.5. The van der Waals surface area contributed by atoms with Gasteiger partial charge in [-0.2, -0.15) is 0 Å². The number of halogens is 3. The predicted octanol–water partition coefficient (Wildman–Crippen LogP) is 2.95. The largest absolute Gasteiger partial charge is 0.336 e. The number of nitrogens with zero attached hydrogens (tertiary/aromatic N) is 2. The standard InChI is InChI=1S/C15H15F2N3OS.ClH/c16-10-3-1-4-11(17)13(10)14-19-12(9-22-14)15(21)20-7-2-5-18-6-8-20;/h1,3-4,9,18H,2,5-8H2;1H. The number of amides is 1. The Balaban J connectivity index is 0.00000192. The number of aromatic nitrogens is 1. The van der Waals surface area contributed by atoms with Gasteiger partial charge in [0.25, 0.3) is 5.91 Å². The molecule has 1 aromatic carbocycles. The first-order valence-electron chi connectivity index (χ1n) is 7.06. The van der Waals surface area contributed by atoms with Crippen LogP contribution in [0.4, 0.5) is 8.78 Å². The zero-order valence-electron chi connectivity index (χ0n) is 12.2. The second-order valence-corrected chi connectivity index (χ2v) is 5.89. The first kappa shape index (κ1) is 17.8. The Labute approximate surface area is 142 Å². The summed E-state index contributed by atoms with van der Waals surface area (Å²) in [5, 5.41) is 4.96. The van der Waals surface area contributed by atoms with Crippen LogP contribution in [0.2, 0.25) is 0 Å². The van der Waals surface area contributed by atoms with Crippen molar-refractivity contribution in [3.8, 4) is 10.6 Å². The van der Waals surface area contributed by atoms with E-state index in [-0.39, 0.29) is 34.6 Å². The van der Waals surface area contributed by atoms with Crippen molar-refractivity contribution in [3.63, 3.8) is 0 Å². The third kappa shape index (κ3) is 3.85. The Morgan fingerprint density at radius 2 is 1.96 bits per heavy atom. The van der Waals surface area contributed by atoms with E-state index in [4.69, 9.17) is 0 Å². The van der Waals surface area contributed by atoms with E-state index in [1.165, 1.54) is 18.2 Å². The molecular formula is C15H16ClF2N3OS. The molecule has 23 heavy (non-hydrogen) atoms. The maximum absolute atomic E-state index is 13.8. The van der Waals surface area contributed by atoms with Crippen molar-refractivity contribution >= 4 is 29.7 Å². The molecule has 4 nitrogen and oxygen atoms in total. The molecule has 0 atom stereocenters. The molecule has 0 radical (unpaired) electrons. The summed E-state index contributed by atoms with van der Waals surface area (Å²) in [7, 11) is 0. The summed E-state index contributed by atoms with van der Waals surface area (Å²) < 4.78 is 27.6. The van der Waals surface area contributed by atoms with Crippen LogP contribution in [0.15, 0.2) is 23.6 Å². The van der Waals surface area contributed by atoms with Gasteiger partial charge in [-0.05, 0) is 25.1 Å². The third-order valence-electron chi connectivity index (χ3n) is 3.53. The van der Waals surface area contributed by atoms with Crippen molar-refractivity contribution < 1.29 is 13.6 Å². The topological polar surface area (TPSA) is 45.2 Å². The highest BCUT2D eigenvalue weighted by molar-refractivity contribution is 7.13. The number of nitrogens with one attached hydrogen (secondary N) is 1. The Bertz CT molecular complexity index is 667. The molecule has 2 heterocycles. The summed E-state index contributed by atoms with van der Waals surface area (Å²) in [5.74, 6) is -1.54. The van der Waals surface area contributed by atoms with Crippen LogP contribution in [0.3, 0.4) is 0 Å². The van der Waals surface area contributed by atoms with Crippen LogP contribution >= 0.6 is 23.7 Å². The highest BCUT2D eigenvalue weighted by Gasteiger charge is 2.22. The van der Waals surface area contributed by atoms with Crippen molar-refractivity contribution in [1.29, 1.82) is 0 Å². The van der Waals surface area contributed by atoms with Crippen molar-refractivity contribution in [2.75, 3.05) is 26.2 Å². The minimum atomic E-state index is -0.674. The molecule has 0 bridgehead atoms. The van der Waals surface area contributed by atoms with E-state index in [0.29, 0.717) is 13.1 Å². The van der Waals surface area contributed by atoms with Gasteiger partial charge < -0.3 is 10.2 Å². The first-order chi connectivity index (χ1) is 10.7. The van der Waals surface area contributed by atoms with Gasteiger partial charge in [0, 0.05) is 25.0 Å². The lowest BCUT2D eigenvalue weighted by molar-refractivity contribution is 0.0761. The number of benzene rings is 1. The lowest BCUT2D eigenvalue weighted by Gasteiger charge is -2.18. The Hall–Kier alpha value is -1.57. The van der Waals surface area contributed by atoms with Crippen LogP contribution < -0.4 is 5.32 Å². The summed E-state index contributed by atoms with van der Waals surface area (Å²) in [6.45, 7) is 2.89. The van der Waals surface area contributed by atoms with Gasteiger partial charge in [0.1, 0.15) is 22.3 Å². The van der Waals surface area contributed by atoms with Crippen LogP contribution in [0, 0.1) is 11.6 Å². The molecule has 1 aromatic heterocycles. The second-order valence-electron chi connectivity index (χ2n) is 5.03. The zero-order chi connectivity index (χ0) is 15.5. The Morgan fingerprint density at radius 1 is 1.22 bits per heavy atom. The molecule has 0 saturated carbocycles. The number of hydrogen-bond acceptors (Lipinski definition) is 4. The molecule has 0 unspecified atom stereocenters. The van der Waals surface area contributed by atoms with Crippen LogP contribution in [0.5, 0.6) is 0 Å². The molecule has 2 aromatic rings. The summed E-state index contributed by atoms with van der Waals surface area (Å²) in [5.41, 5.74) is 0.0636. The minimum absolute atomic E-state index is 0. The number of rotatable bonds is 2. The Morgan fingerprint density at radius 3 is 2.70 bits per heavy atom. The second kappa shape index (κ2) is 7.81. The lowest BCUT2D eigenvalue weighted by atomic mass is 10.2. The molecule has 1 aliphatic rings. The lowest BCUT2D eigenvalue weighted by Crippen LogP contribution is -2.34. The van der Waals surface area contributed by atoms with Crippen LogP contribution in [-0.4, -0.2) is 42.0 Å². The van der Waals surface area contributed by atoms with Gasteiger partial charge in [-0.3, -0.25) is 4.79 Å². The van der Waals surface area contributed by atoms with Crippen molar-refractivity contribution in [1.82, 2.24) is 15.2 Å². The minimum Gasteiger partial charge on any atom is -0.336 e. The van der Waals surface area contributed by atoms with Gasteiger partial charge >= 0.3 is 0 Å². The normalized spacial score (nSPS) is 15.0. The van der Waals surface area contributed by atoms with Crippen LogP contribution in [0.1, 0.15) is 16.9 Å². The molecule has 1 N–H and O–H groups in total. The molecule has 1 fully saturated rings. The maximum Gasteiger partial charge on any atom is 0.273 e.